The first-order chi connectivity index (χ1) is 6.68. The number of anilines is 1. The Labute approximate surface area is 83.0 Å². The van der Waals surface area contributed by atoms with Crippen molar-refractivity contribution in [2.75, 3.05) is 11.9 Å². The number of amides is 1. The van der Waals surface area contributed by atoms with Crippen LogP contribution in [0, 0.1) is 0 Å². The molecule has 0 aromatic carbocycles. The Morgan fingerprint density at radius 2 is 2.29 bits per heavy atom. The van der Waals surface area contributed by atoms with E-state index in [0.29, 0.717) is 5.82 Å². The van der Waals surface area contributed by atoms with Crippen LogP contribution in [0.2, 0.25) is 0 Å². The Kier molecular flexibility index (Phi) is 3.84. The Hall–Kier alpha value is -1.65. The Morgan fingerprint density at radius 1 is 1.50 bits per heavy atom. The number of carbonyl (C=O) groups is 1. The maximum atomic E-state index is 11.2. The minimum Gasteiger partial charge on any atom is -0.360 e. The molecule has 0 bridgehead atoms. The van der Waals surface area contributed by atoms with E-state index in [-0.39, 0.29) is 18.5 Å². The molecule has 14 heavy (non-hydrogen) atoms. The molecule has 1 amide bonds. The first-order valence-corrected chi connectivity index (χ1v) is 4.47. The Balaban J connectivity index is 2.31. The predicted molar refractivity (Wildman–Crippen MR) is 53.8 cm³/mol. The van der Waals surface area contributed by atoms with Crippen molar-refractivity contribution in [3.8, 4) is 0 Å². The standard InChI is InChI=1S/C9H14N4O/c1-7(2)13-9(14)6-12-8-5-10-3-4-11-8/h3-5,7H,6H2,1-2H3,(H,11,12)(H,13,14). The average Bonchev–Trinajstić information content (AvgIpc) is 2.15. The first-order valence-electron chi connectivity index (χ1n) is 4.47. The second-order valence-corrected chi connectivity index (χ2v) is 3.17. The highest BCUT2D eigenvalue weighted by atomic mass is 16.1. The highest BCUT2D eigenvalue weighted by Crippen LogP contribution is 1.95. The molecular weight excluding hydrogens is 180 g/mol. The summed E-state index contributed by atoms with van der Waals surface area (Å²) >= 11 is 0. The lowest BCUT2D eigenvalue weighted by molar-refractivity contribution is -0.119. The van der Waals surface area contributed by atoms with E-state index in [4.69, 9.17) is 0 Å². The molecule has 1 rings (SSSR count). The van der Waals surface area contributed by atoms with Crippen LogP contribution in [0.25, 0.3) is 0 Å². The molecule has 0 aliphatic rings. The van der Waals surface area contributed by atoms with Crippen molar-refractivity contribution in [2.24, 2.45) is 0 Å². The van der Waals surface area contributed by atoms with Crippen LogP contribution in [-0.2, 0) is 4.79 Å². The minimum absolute atomic E-state index is 0.0503. The molecule has 5 heteroatoms. The molecule has 0 atom stereocenters. The van der Waals surface area contributed by atoms with Crippen LogP contribution in [0.4, 0.5) is 5.82 Å². The number of hydrogen-bond donors (Lipinski definition) is 2. The van der Waals surface area contributed by atoms with Gasteiger partial charge in [-0.3, -0.25) is 9.78 Å². The summed E-state index contributed by atoms with van der Waals surface area (Å²) in [7, 11) is 0. The third-order valence-corrected chi connectivity index (χ3v) is 1.44. The van der Waals surface area contributed by atoms with E-state index in [1.165, 1.54) is 0 Å². The Bertz CT molecular complexity index is 286. The van der Waals surface area contributed by atoms with Gasteiger partial charge >= 0.3 is 0 Å². The van der Waals surface area contributed by atoms with Crippen LogP contribution in [-0.4, -0.2) is 28.5 Å². The molecule has 0 unspecified atom stereocenters. The summed E-state index contributed by atoms with van der Waals surface area (Å²) in [5.74, 6) is 0.553. The van der Waals surface area contributed by atoms with Crippen LogP contribution in [0.5, 0.6) is 0 Å². The quantitative estimate of drug-likeness (QED) is 0.728. The van der Waals surface area contributed by atoms with Crippen LogP contribution >= 0.6 is 0 Å². The number of nitrogens with zero attached hydrogens (tertiary/aromatic N) is 2. The lowest BCUT2D eigenvalue weighted by atomic mass is 10.4. The molecule has 76 valence electrons. The van der Waals surface area contributed by atoms with Crippen LogP contribution in [0.3, 0.4) is 0 Å². The number of rotatable bonds is 4. The monoisotopic (exact) mass is 194 g/mol. The van der Waals surface area contributed by atoms with Gasteiger partial charge in [-0.05, 0) is 13.8 Å². The van der Waals surface area contributed by atoms with E-state index in [0.717, 1.165) is 0 Å². The van der Waals surface area contributed by atoms with Gasteiger partial charge < -0.3 is 10.6 Å². The first kappa shape index (κ1) is 10.4. The van der Waals surface area contributed by atoms with Gasteiger partial charge in [0.15, 0.2) is 0 Å². The van der Waals surface area contributed by atoms with Gasteiger partial charge in [0.2, 0.25) is 5.91 Å². The topological polar surface area (TPSA) is 66.9 Å². The summed E-state index contributed by atoms with van der Waals surface area (Å²) in [5.41, 5.74) is 0. The second-order valence-electron chi connectivity index (χ2n) is 3.17. The maximum absolute atomic E-state index is 11.2. The van der Waals surface area contributed by atoms with Gasteiger partial charge in [0.1, 0.15) is 5.82 Å². The molecule has 1 heterocycles. The van der Waals surface area contributed by atoms with Crippen molar-refractivity contribution in [1.29, 1.82) is 0 Å². The fraction of sp³-hybridized carbons (Fsp3) is 0.444. The third kappa shape index (κ3) is 3.84. The van der Waals surface area contributed by atoms with E-state index < -0.39 is 0 Å². The van der Waals surface area contributed by atoms with E-state index in [1.54, 1.807) is 18.6 Å². The summed E-state index contributed by atoms with van der Waals surface area (Å²) in [6.07, 6.45) is 4.73. The molecule has 0 aliphatic carbocycles. The zero-order chi connectivity index (χ0) is 10.4. The second kappa shape index (κ2) is 5.16. The fourth-order valence-corrected chi connectivity index (χ4v) is 0.934. The van der Waals surface area contributed by atoms with Gasteiger partial charge in [-0.1, -0.05) is 0 Å². The molecular formula is C9H14N4O. The SMILES string of the molecule is CC(C)NC(=O)CNc1cnccn1. The average molecular weight is 194 g/mol. The molecule has 1 aromatic rings. The summed E-state index contributed by atoms with van der Waals surface area (Å²) in [5, 5.41) is 5.63. The largest absolute Gasteiger partial charge is 0.360 e. The molecule has 0 saturated heterocycles. The lowest BCUT2D eigenvalue weighted by Gasteiger charge is -2.08. The zero-order valence-electron chi connectivity index (χ0n) is 8.32. The molecule has 0 aliphatic heterocycles. The van der Waals surface area contributed by atoms with Gasteiger partial charge in [0, 0.05) is 18.4 Å². The highest BCUT2D eigenvalue weighted by Gasteiger charge is 2.02. The molecule has 0 fully saturated rings. The van der Waals surface area contributed by atoms with E-state index in [1.807, 2.05) is 13.8 Å². The van der Waals surface area contributed by atoms with E-state index in [2.05, 4.69) is 20.6 Å². The van der Waals surface area contributed by atoms with Crippen molar-refractivity contribution >= 4 is 11.7 Å². The lowest BCUT2D eigenvalue weighted by Crippen LogP contribution is -2.34. The van der Waals surface area contributed by atoms with Crippen molar-refractivity contribution < 1.29 is 4.79 Å². The summed E-state index contributed by atoms with van der Waals surface area (Å²) in [6.45, 7) is 4.05. The number of aromatic nitrogens is 2. The van der Waals surface area contributed by atoms with Crippen molar-refractivity contribution in [2.45, 2.75) is 19.9 Å². The van der Waals surface area contributed by atoms with Crippen molar-refractivity contribution in [3.63, 3.8) is 0 Å². The van der Waals surface area contributed by atoms with E-state index in [9.17, 15) is 4.79 Å². The predicted octanol–water partition coefficient (Wildman–Crippen LogP) is 0.413. The van der Waals surface area contributed by atoms with Crippen molar-refractivity contribution in [1.82, 2.24) is 15.3 Å². The molecule has 5 nitrogen and oxygen atoms in total. The number of nitrogens with one attached hydrogen (secondary N) is 2. The normalized spacial score (nSPS) is 9.93. The van der Waals surface area contributed by atoms with Crippen molar-refractivity contribution in [3.05, 3.63) is 18.6 Å². The van der Waals surface area contributed by atoms with Crippen LogP contribution in [0.15, 0.2) is 18.6 Å². The minimum atomic E-state index is -0.0503. The van der Waals surface area contributed by atoms with Gasteiger partial charge in [0.25, 0.3) is 0 Å². The highest BCUT2D eigenvalue weighted by molar-refractivity contribution is 5.80. The molecule has 0 saturated carbocycles. The smallest absolute Gasteiger partial charge is 0.239 e. The molecule has 1 aromatic heterocycles. The van der Waals surface area contributed by atoms with Gasteiger partial charge in [-0.15, -0.1) is 0 Å². The molecule has 2 N–H and O–H groups in total. The third-order valence-electron chi connectivity index (χ3n) is 1.44. The van der Waals surface area contributed by atoms with Gasteiger partial charge in [-0.2, -0.15) is 0 Å². The van der Waals surface area contributed by atoms with Gasteiger partial charge in [-0.25, -0.2) is 4.98 Å². The number of hydrogen-bond acceptors (Lipinski definition) is 4. The summed E-state index contributed by atoms with van der Waals surface area (Å²) in [6, 6.07) is 0.158. The van der Waals surface area contributed by atoms with Crippen LogP contribution in [0.1, 0.15) is 13.8 Å². The molecule has 0 spiro atoms. The number of carbonyl (C=O) groups excluding carboxylic acids is 1. The maximum Gasteiger partial charge on any atom is 0.239 e. The molecule has 0 radical (unpaired) electrons. The Morgan fingerprint density at radius 3 is 2.86 bits per heavy atom. The van der Waals surface area contributed by atoms with Gasteiger partial charge in [0.05, 0.1) is 12.7 Å². The zero-order valence-corrected chi connectivity index (χ0v) is 8.32. The summed E-state index contributed by atoms with van der Waals surface area (Å²) in [4.78, 5) is 19.0. The van der Waals surface area contributed by atoms with Crippen LogP contribution < -0.4 is 10.6 Å². The van der Waals surface area contributed by atoms with E-state index >= 15 is 0 Å². The fourth-order valence-electron chi connectivity index (χ4n) is 0.934. The summed E-state index contributed by atoms with van der Waals surface area (Å²) < 4.78 is 0.